The first-order valence-corrected chi connectivity index (χ1v) is 10.4. The number of likely N-dealkylation sites (tertiary alicyclic amines) is 1. The molecule has 0 atom stereocenters. The number of carboxylic acid groups (broad SMARTS) is 1. The van der Waals surface area contributed by atoms with Crippen LogP contribution in [0.2, 0.25) is 0 Å². The number of hydrogen-bond donors (Lipinski definition) is 2. The molecule has 1 saturated heterocycles. The molecule has 0 radical (unpaired) electrons. The molecule has 1 aliphatic heterocycles. The molecule has 2 aromatic carbocycles. The fourth-order valence-electron chi connectivity index (χ4n) is 4.54. The van der Waals surface area contributed by atoms with E-state index in [1.165, 1.54) is 17.0 Å². The van der Waals surface area contributed by atoms with Gasteiger partial charge in [-0.15, -0.1) is 0 Å². The number of benzene rings is 2. The zero-order valence-corrected chi connectivity index (χ0v) is 17.0. The molecule has 1 fully saturated rings. The maximum atomic E-state index is 14.3. The highest BCUT2D eigenvalue weighted by atomic mass is 19.2. The van der Waals surface area contributed by atoms with E-state index in [4.69, 9.17) is 4.98 Å². The third-order valence-electron chi connectivity index (χ3n) is 6.14. The number of nitrogens with one attached hydrogen (secondary N) is 1. The Morgan fingerprint density at radius 2 is 1.91 bits per heavy atom. The second-order valence-corrected chi connectivity index (χ2v) is 8.03. The van der Waals surface area contributed by atoms with Crippen molar-refractivity contribution in [3.05, 3.63) is 75.8 Å². The van der Waals surface area contributed by atoms with Crippen molar-refractivity contribution in [3.8, 4) is 0 Å². The van der Waals surface area contributed by atoms with Crippen molar-refractivity contribution >= 4 is 28.0 Å². The zero-order chi connectivity index (χ0) is 22.4. The van der Waals surface area contributed by atoms with E-state index in [-0.39, 0.29) is 18.0 Å². The molecule has 0 bridgehead atoms. The van der Waals surface area contributed by atoms with Crippen LogP contribution in [-0.4, -0.2) is 43.7 Å². The third kappa shape index (κ3) is 3.39. The van der Waals surface area contributed by atoms with Gasteiger partial charge in [-0.3, -0.25) is 4.79 Å². The van der Waals surface area contributed by atoms with E-state index in [1.54, 1.807) is 0 Å². The van der Waals surface area contributed by atoms with Crippen molar-refractivity contribution in [2.75, 3.05) is 13.1 Å². The summed E-state index contributed by atoms with van der Waals surface area (Å²) in [5.74, 6) is -1.27. The van der Waals surface area contributed by atoms with E-state index < -0.39 is 23.3 Å². The number of imidazole rings is 1. The van der Waals surface area contributed by atoms with Gasteiger partial charge >= 0.3 is 6.09 Å². The smallest absolute Gasteiger partial charge is 0.407 e. The molecule has 3 heterocycles. The molecule has 0 spiro atoms. The number of carbonyl (C=O) groups is 1. The molecular weight excluding hydrogens is 418 g/mol. The number of piperidine rings is 1. The van der Waals surface area contributed by atoms with Crippen LogP contribution in [0.15, 0.2) is 47.3 Å². The van der Waals surface area contributed by atoms with Gasteiger partial charge in [0, 0.05) is 30.5 Å². The van der Waals surface area contributed by atoms with Gasteiger partial charge in [-0.25, -0.2) is 18.6 Å². The van der Waals surface area contributed by atoms with Crippen LogP contribution in [0, 0.1) is 11.6 Å². The summed E-state index contributed by atoms with van der Waals surface area (Å²) >= 11 is 0. The molecule has 2 aromatic heterocycles. The van der Waals surface area contributed by atoms with Gasteiger partial charge in [-0.05, 0) is 42.7 Å². The van der Waals surface area contributed by atoms with Crippen molar-refractivity contribution in [1.82, 2.24) is 19.4 Å². The Hall–Kier alpha value is -3.75. The number of halogens is 2. The lowest BCUT2D eigenvalue weighted by atomic mass is 9.96. The predicted octanol–water partition coefficient (Wildman–Crippen LogP) is 4.06. The molecule has 1 aliphatic rings. The largest absolute Gasteiger partial charge is 0.465 e. The minimum atomic E-state index is -1.08. The molecule has 0 unspecified atom stereocenters. The maximum Gasteiger partial charge on any atom is 0.407 e. The first-order valence-electron chi connectivity index (χ1n) is 10.4. The first-order chi connectivity index (χ1) is 15.4. The summed E-state index contributed by atoms with van der Waals surface area (Å²) in [5.41, 5.74) is 1.52. The molecule has 1 amide bonds. The number of amides is 1. The van der Waals surface area contributed by atoms with Gasteiger partial charge in [0.1, 0.15) is 5.82 Å². The lowest BCUT2D eigenvalue weighted by Crippen LogP contribution is -2.37. The number of para-hydroxylation sites is 2. The Balaban J connectivity index is 1.61. The van der Waals surface area contributed by atoms with Crippen LogP contribution >= 0.6 is 0 Å². The van der Waals surface area contributed by atoms with Crippen molar-refractivity contribution in [3.63, 3.8) is 0 Å². The monoisotopic (exact) mass is 438 g/mol. The fraction of sp³-hybridized carbons (Fsp3) is 0.261. The average molecular weight is 438 g/mol. The van der Waals surface area contributed by atoms with Crippen molar-refractivity contribution in [2.45, 2.75) is 25.3 Å². The number of nitrogens with zero attached hydrogens (tertiary/aromatic N) is 3. The fourth-order valence-corrected chi connectivity index (χ4v) is 4.54. The van der Waals surface area contributed by atoms with Crippen LogP contribution in [0.1, 0.15) is 30.1 Å². The zero-order valence-electron chi connectivity index (χ0n) is 17.0. The standard InChI is InChI=1S/C23H20F2N4O3/c24-16-6-5-15-14(11-19(30)27-21(15)20(16)25)12-29-18-4-2-1-3-17(18)26-22(29)13-7-9-28(10-8-13)23(31)32/h1-6,11,13H,7-10,12H2,(H,27,30)(H,31,32). The van der Waals surface area contributed by atoms with Gasteiger partial charge in [0.05, 0.1) is 23.1 Å². The van der Waals surface area contributed by atoms with Crippen LogP contribution in [0.5, 0.6) is 0 Å². The van der Waals surface area contributed by atoms with E-state index in [2.05, 4.69) is 4.98 Å². The van der Waals surface area contributed by atoms with Crippen LogP contribution < -0.4 is 5.56 Å². The van der Waals surface area contributed by atoms with Gasteiger partial charge in [0.2, 0.25) is 5.56 Å². The van der Waals surface area contributed by atoms with Gasteiger partial charge in [-0.2, -0.15) is 0 Å². The van der Waals surface area contributed by atoms with E-state index in [9.17, 15) is 23.5 Å². The lowest BCUT2D eigenvalue weighted by Gasteiger charge is -2.30. The minimum Gasteiger partial charge on any atom is -0.465 e. The maximum absolute atomic E-state index is 14.3. The van der Waals surface area contributed by atoms with Crippen LogP contribution in [0.4, 0.5) is 13.6 Å². The highest BCUT2D eigenvalue weighted by Gasteiger charge is 2.27. The highest BCUT2D eigenvalue weighted by molar-refractivity contribution is 5.83. The van der Waals surface area contributed by atoms with Crippen LogP contribution in [0.3, 0.4) is 0 Å². The van der Waals surface area contributed by atoms with Gasteiger partial charge in [-0.1, -0.05) is 12.1 Å². The molecule has 4 aromatic rings. The Bertz CT molecular complexity index is 1400. The molecule has 0 aliphatic carbocycles. The summed E-state index contributed by atoms with van der Waals surface area (Å²) in [6, 6.07) is 11.5. The minimum absolute atomic E-state index is 0.0421. The molecule has 5 rings (SSSR count). The summed E-state index contributed by atoms with van der Waals surface area (Å²) < 4.78 is 30.1. The number of hydrogen-bond acceptors (Lipinski definition) is 3. The number of rotatable bonds is 3. The quantitative estimate of drug-likeness (QED) is 0.505. The Morgan fingerprint density at radius 3 is 2.66 bits per heavy atom. The normalized spacial score (nSPS) is 15.0. The first kappa shape index (κ1) is 20.2. The van der Waals surface area contributed by atoms with E-state index >= 15 is 0 Å². The number of aromatic nitrogens is 3. The Labute approximate surface area is 180 Å². The summed E-state index contributed by atoms with van der Waals surface area (Å²) in [4.78, 5) is 32.1. The number of aromatic amines is 1. The SMILES string of the molecule is O=C(O)N1CCC(c2nc3ccccc3n2Cc2cc(=O)[nH]c3c(F)c(F)ccc23)CC1. The Kier molecular flexibility index (Phi) is 4.88. The summed E-state index contributed by atoms with van der Waals surface area (Å²) in [5, 5.41) is 9.67. The molecule has 164 valence electrons. The van der Waals surface area contributed by atoms with E-state index in [1.807, 2.05) is 28.8 Å². The number of fused-ring (bicyclic) bond motifs is 2. The van der Waals surface area contributed by atoms with Crippen molar-refractivity contribution in [1.29, 1.82) is 0 Å². The number of pyridine rings is 1. The lowest BCUT2D eigenvalue weighted by molar-refractivity contribution is 0.131. The van der Waals surface area contributed by atoms with Gasteiger partial charge < -0.3 is 19.6 Å². The van der Waals surface area contributed by atoms with E-state index in [0.29, 0.717) is 36.9 Å². The molecule has 2 N–H and O–H groups in total. The predicted molar refractivity (Wildman–Crippen MR) is 115 cm³/mol. The molecule has 7 nitrogen and oxygen atoms in total. The van der Waals surface area contributed by atoms with Crippen molar-refractivity contribution in [2.24, 2.45) is 0 Å². The second-order valence-electron chi connectivity index (χ2n) is 8.03. The van der Waals surface area contributed by atoms with E-state index in [0.717, 1.165) is 22.9 Å². The average Bonchev–Trinajstić information content (AvgIpc) is 3.15. The molecular formula is C23H20F2N4O3. The highest BCUT2D eigenvalue weighted by Crippen LogP contribution is 2.32. The summed E-state index contributed by atoms with van der Waals surface area (Å²) in [7, 11) is 0. The van der Waals surface area contributed by atoms with Crippen LogP contribution in [-0.2, 0) is 6.54 Å². The summed E-state index contributed by atoms with van der Waals surface area (Å²) in [6.07, 6.45) is 0.332. The molecule has 9 heteroatoms. The molecule has 0 saturated carbocycles. The van der Waals surface area contributed by atoms with Crippen molar-refractivity contribution < 1.29 is 18.7 Å². The summed E-state index contributed by atoms with van der Waals surface area (Å²) in [6.45, 7) is 1.09. The molecule has 32 heavy (non-hydrogen) atoms. The number of H-pyrrole nitrogens is 1. The second kappa shape index (κ2) is 7.74. The Morgan fingerprint density at radius 1 is 1.16 bits per heavy atom. The van der Waals surface area contributed by atoms with Gasteiger partial charge in [0.25, 0.3) is 0 Å². The van der Waals surface area contributed by atoms with Crippen LogP contribution in [0.25, 0.3) is 21.9 Å². The third-order valence-corrected chi connectivity index (χ3v) is 6.14. The topological polar surface area (TPSA) is 91.2 Å². The van der Waals surface area contributed by atoms with Gasteiger partial charge in [0.15, 0.2) is 11.6 Å².